The summed E-state index contributed by atoms with van der Waals surface area (Å²) in [5.41, 5.74) is 2.68. The van der Waals surface area contributed by atoms with Crippen molar-refractivity contribution in [1.29, 1.82) is 0 Å². The van der Waals surface area contributed by atoms with Gasteiger partial charge in [-0.15, -0.1) is 0 Å². The van der Waals surface area contributed by atoms with Crippen LogP contribution in [-0.2, 0) is 23.9 Å². The number of nitrogens with one attached hydrogen (secondary N) is 1. The Labute approximate surface area is 159 Å². The lowest BCUT2D eigenvalue weighted by atomic mass is 9.80. The molecule has 0 radical (unpaired) electrons. The van der Waals surface area contributed by atoms with Gasteiger partial charge >= 0.3 is 11.9 Å². The van der Waals surface area contributed by atoms with E-state index in [1.165, 1.54) is 0 Å². The third kappa shape index (κ3) is 2.73. The predicted octanol–water partition coefficient (Wildman–Crippen LogP) is 2.75. The highest BCUT2D eigenvalue weighted by Gasteiger charge is 2.64. The van der Waals surface area contributed by atoms with Crippen molar-refractivity contribution < 1.29 is 23.9 Å². The van der Waals surface area contributed by atoms with Crippen LogP contribution in [0.4, 0.5) is 5.69 Å². The summed E-state index contributed by atoms with van der Waals surface area (Å²) in [5, 5.41) is 2.77. The SMILES string of the molecule is Cc1c(Br)ccc(NC(=O)COC(=O)[C@@H]2[C@@H]3C[C@@H]4[C@H]2C(=O)O[C@H]4C3)c1C. The minimum atomic E-state index is -0.462. The maximum absolute atomic E-state index is 12.5. The van der Waals surface area contributed by atoms with Crippen molar-refractivity contribution >= 4 is 39.5 Å². The van der Waals surface area contributed by atoms with Gasteiger partial charge < -0.3 is 14.8 Å². The zero-order chi connectivity index (χ0) is 18.6. The minimum Gasteiger partial charge on any atom is -0.462 e. The summed E-state index contributed by atoms with van der Waals surface area (Å²) in [4.78, 5) is 36.6. The Kier molecular flexibility index (Phi) is 4.29. The Morgan fingerprint density at radius 3 is 2.81 bits per heavy atom. The molecular formula is C19H20BrNO5. The number of benzene rings is 1. The summed E-state index contributed by atoms with van der Waals surface area (Å²) < 4.78 is 11.5. The van der Waals surface area contributed by atoms with E-state index >= 15 is 0 Å². The monoisotopic (exact) mass is 421 g/mol. The van der Waals surface area contributed by atoms with E-state index in [0.29, 0.717) is 5.69 Å². The van der Waals surface area contributed by atoms with Gasteiger partial charge in [-0.25, -0.2) is 0 Å². The number of fused-ring (bicyclic) bond motifs is 1. The van der Waals surface area contributed by atoms with Crippen molar-refractivity contribution in [1.82, 2.24) is 0 Å². The van der Waals surface area contributed by atoms with Crippen molar-refractivity contribution in [3.8, 4) is 0 Å². The Hall–Kier alpha value is -1.89. The minimum absolute atomic E-state index is 0.0199. The molecule has 1 amide bonds. The zero-order valence-electron chi connectivity index (χ0n) is 14.6. The van der Waals surface area contributed by atoms with E-state index < -0.39 is 17.8 Å². The predicted molar refractivity (Wildman–Crippen MR) is 96.3 cm³/mol. The van der Waals surface area contributed by atoms with E-state index in [0.717, 1.165) is 28.4 Å². The molecule has 1 aromatic carbocycles. The summed E-state index contributed by atoms with van der Waals surface area (Å²) in [6, 6.07) is 3.66. The first kappa shape index (κ1) is 17.5. The van der Waals surface area contributed by atoms with Crippen LogP contribution in [0.2, 0.25) is 0 Å². The fraction of sp³-hybridized carbons (Fsp3) is 0.526. The van der Waals surface area contributed by atoms with Crippen LogP contribution in [0.5, 0.6) is 0 Å². The lowest BCUT2D eigenvalue weighted by Gasteiger charge is -2.22. The number of halogens is 1. The van der Waals surface area contributed by atoms with Gasteiger partial charge in [0.1, 0.15) is 6.10 Å². The summed E-state index contributed by atoms with van der Waals surface area (Å²) in [7, 11) is 0. The van der Waals surface area contributed by atoms with Gasteiger partial charge in [-0.1, -0.05) is 15.9 Å². The molecule has 0 aromatic heterocycles. The first-order valence-electron chi connectivity index (χ1n) is 8.79. The number of hydrogen-bond acceptors (Lipinski definition) is 5. The summed E-state index contributed by atoms with van der Waals surface area (Å²) in [6.45, 7) is 3.52. The third-order valence-electron chi connectivity index (χ3n) is 6.10. The standard InChI is InChI=1S/C19H20BrNO5/c1-8-9(2)13(4-3-12(8)20)21-15(22)7-25-18(23)16-10-5-11-14(6-10)26-19(24)17(11)16/h3-4,10-11,14,16-17H,5-7H2,1-2H3,(H,21,22)/t10-,11+,14+,16-,17-/m1/s1. The maximum atomic E-state index is 12.5. The molecule has 5 atom stereocenters. The van der Waals surface area contributed by atoms with E-state index in [2.05, 4.69) is 21.2 Å². The number of carbonyl (C=O) groups is 3. The maximum Gasteiger partial charge on any atom is 0.310 e. The summed E-state index contributed by atoms with van der Waals surface area (Å²) >= 11 is 3.45. The molecule has 26 heavy (non-hydrogen) atoms. The molecule has 1 saturated heterocycles. The second-order valence-corrected chi connectivity index (χ2v) is 8.28. The van der Waals surface area contributed by atoms with Gasteiger partial charge in [-0.3, -0.25) is 14.4 Å². The van der Waals surface area contributed by atoms with Gasteiger partial charge in [0.2, 0.25) is 0 Å². The van der Waals surface area contributed by atoms with Crippen LogP contribution in [0.15, 0.2) is 16.6 Å². The number of rotatable bonds is 4. The van der Waals surface area contributed by atoms with Gasteiger partial charge in [0.25, 0.3) is 5.91 Å². The largest absolute Gasteiger partial charge is 0.462 e. The van der Waals surface area contributed by atoms with Crippen LogP contribution in [0.1, 0.15) is 24.0 Å². The number of hydrogen-bond donors (Lipinski definition) is 1. The van der Waals surface area contributed by atoms with Gasteiger partial charge in [0.05, 0.1) is 11.8 Å². The number of ether oxygens (including phenoxy) is 2. The van der Waals surface area contributed by atoms with Crippen LogP contribution in [0.3, 0.4) is 0 Å². The average molecular weight is 422 g/mol. The van der Waals surface area contributed by atoms with Gasteiger partial charge in [-0.2, -0.15) is 0 Å². The first-order chi connectivity index (χ1) is 12.4. The van der Waals surface area contributed by atoms with E-state index in [-0.39, 0.29) is 36.4 Å². The fourth-order valence-electron chi connectivity index (χ4n) is 4.67. The van der Waals surface area contributed by atoms with Crippen molar-refractivity contribution in [2.24, 2.45) is 23.7 Å². The quantitative estimate of drug-likeness (QED) is 0.755. The Morgan fingerprint density at radius 2 is 2.04 bits per heavy atom. The molecule has 3 fully saturated rings. The van der Waals surface area contributed by atoms with E-state index in [9.17, 15) is 14.4 Å². The highest BCUT2D eigenvalue weighted by Crippen LogP contribution is 2.57. The lowest BCUT2D eigenvalue weighted by Crippen LogP contribution is -2.35. The van der Waals surface area contributed by atoms with Crippen molar-refractivity contribution in [2.75, 3.05) is 11.9 Å². The van der Waals surface area contributed by atoms with Crippen molar-refractivity contribution in [2.45, 2.75) is 32.8 Å². The van der Waals surface area contributed by atoms with Gasteiger partial charge in [-0.05, 0) is 55.9 Å². The zero-order valence-corrected chi connectivity index (χ0v) is 16.2. The molecular weight excluding hydrogens is 402 g/mol. The molecule has 1 N–H and O–H groups in total. The van der Waals surface area contributed by atoms with Crippen LogP contribution in [0.25, 0.3) is 0 Å². The Balaban J connectivity index is 1.36. The Morgan fingerprint density at radius 1 is 1.27 bits per heavy atom. The molecule has 2 saturated carbocycles. The third-order valence-corrected chi connectivity index (χ3v) is 6.96. The molecule has 0 spiro atoms. The molecule has 0 unspecified atom stereocenters. The van der Waals surface area contributed by atoms with E-state index in [4.69, 9.17) is 9.47 Å². The molecule has 138 valence electrons. The number of esters is 2. The molecule has 4 rings (SSSR count). The first-order valence-corrected chi connectivity index (χ1v) is 9.58. The molecule has 7 heteroatoms. The lowest BCUT2D eigenvalue weighted by molar-refractivity contribution is -0.157. The average Bonchev–Trinajstić information content (AvgIpc) is 3.22. The molecule has 1 aliphatic heterocycles. The highest BCUT2D eigenvalue weighted by molar-refractivity contribution is 9.10. The number of carbonyl (C=O) groups excluding carboxylic acids is 3. The molecule has 6 nitrogen and oxygen atoms in total. The van der Waals surface area contributed by atoms with Gasteiger partial charge in [0, 0.05) is 16.1 Å². The van der Waals surface area contributed by atoms with E-state index in [1.807, 2.05) is 19.9 Å². The molecule has 1 heterocycles. The van der Waals surface area contributed by atoms with Gasteiger partial charge in [0.15, 0.2) is 6.61 Å². The Bertz CT molecular complexity index is 805. The fourth-order valence-corrected chi connectivity index (χ4v) is 5.10. The number of anilines is 1. The molecule has 3 aliphatic rings. The van der Waals surface area contributed by atoms with Crippen molar-refractivity contribution in [3.63, 3.8) is 0 Å². The van der Waals surface area contributed by atoms with Crippen LogP contribution < -0.4 is 5.32 Å². The second kappa shape index (κ2) is 6.37. The van der Waals surface area contributed by atoms with Crippen LogP contribution in [0, 0.1) is 37.5 Å². The highest BCUT2D eigenvalue weighted by atomic mass is 79.9. The van der Waals surface area contributed by atoms with E-state index in [1.54, 1.807) is 6.07 Å². The topological polar surface area (TPSA) is 81.7 Å². The summed E-state index contributed by atoms with van der Waals surface area (Å²) in [6.07, 6.45) is 1.55. The molecule has 2 bridgehead atoms. The van der Waals surface area contributed by atoms with Crippen LogP contribution >= 0.6 is 15.9 Å². The second-order valence-electron chi connectivity index (χ2n) is 7.42. The molecule has 2 aliphatic carbocycles. The summed E-state index contributed by atoms with van der Waals surface area (Å²) in [5.74, 6) is -1.70. The van der Waals surface area contributed by atoms with Crippen molar-refractivity contribution in [3.05, 3.63) is 27.7 Å². The molecule has 1 aromatic rings. The smallest absolute Gasteiger partial charge is 0.310 e. The normalized spacial score (nSPS) is 31.0. The van der Waals surface area contributed by atoms with Crippen LogP contribution in [-0.4, -0.2) is 30.6 Å². The number of amides is 1.